The summed E-state index contributed by atoms with van der Waals surface area (Å²) in [5.41, 5.74) is 0.731. The second kappa shape index (κ2) is 8.95. The second-order valence-electron chi connectivity index (χ2n) is 5.09. The molecule has 1 fully saturated rings. The highest BCUT2D eigenvalue weighted by molar-refractivity contribution is 5.85. The van der Waals surface area contributed by atoms with E-state index >= 15 is 0 Å². The van der Waals surface area contributed by atoms with Crippen molar-refractivity contribution in [2.75, 3.05) is 26.2 Å². The molecule has 0 saturated carbocycles. The summed E-state index contributed by atoms with van der Waals surface area (Å²) in [6, 6.07) is 3.90. The fourth-order valence-corrected chi connectivity index (χ4v) is 2.39. The summed E-state index contributed by atoms with van der Waals surface area (Å²) in [6.07, 6.45) is 2.69. The van der Waals surface area contributed by atoms with Crippen LogP contribution < -0.4 is 5.32 Å². The fraction of sp³-hybridized carbons (Fsp3) is 0.533. The number of carbonyl (C=O) groups excluding carboxylic acids is 1. The monoisotopic (exact) mass is 318 g/mol. The largest absolute Gasteiger partial charge is 0.341 e. The van der Waals surface area contributed by atoms with Crippen LogP contribution in [0.4, 0.5) is 8.78 Å². The van der Waals surface area contributed by atoms with Crippen molar-refractivity contribution in [2.24, 2.45) is 0 Å². The average molecular weight is 319 g/mol. The molecule has 0 spiro atoms. The van der Waals surface area contributed by atoms with Gasteiger partial charge in [0.05, 0.1) is 0 Å². The zero-order valence-electron chi connectivity index (χ0n) is 11.9. The molecule has 118 valence electrons. The first kappa shape index (κ1) is 17.9. The van der Waals surface area contributed by atoms with E-state index in [1.165, 1.54) is 6.07 Å². The second-order valence-corrected chi connectivity index (χ2v) is 5.09. The first-order chi connectivity index (χ1) is 9.66. The summed E-state index contributed by atoms with van der Waals surface area (Å²) in [5.74, 6) is -1.51. The number of nitrogens with zero attached hydrogens (tertiary/aromatic N) is 1. The molecule has 6 heteroatoms. The smallest absolute Gasteiger partial charge is 0.222 e. The molecule has 2 rings (SSSR count). The van der Waals surface area contributed by atoms with Gasteiger partial charge in [0.2, 0.25) is 5.91 Å². The normalized spacial score (nSPS) is 15.2. The van der Waals surface area contributed by atoms with Crippen molar-refractivity contribution in [1.82, 2.24) is 10.2 Å². The molecule has 0 aliphatic carbocycles. The standard InChI is InChI=1S/C15H20F2N2O.ClH/c16-13-6-5-12(11-14(13)17)3-1-4-15(20)19-9-2-7-18-8-10-19;/h5-6,11,18H,1-4,7-10H2;1H. The quantitative estimate of drug-likeness (QED) is 0.925. The van der Waals surface area contributed by atoms with Crippen LogP contribution in [-0.4, -0.2) is 37.0 Å². The number of amides is 1. The van der Waals surface area contributed by atoms with Gasteiger partial charge in [-0.2, -0.15) is 0 Å². The van der Waals surface area contributed by atoms with Crippen molar-refractivity contribution in [3.05, 3.63) is 35.4 Å². The van der Waals surface area contributed by atoms with Crippen molar-refractivity contribution in [3.8, 4) is 0 Å². The molecule has 0 bridgehead atoms. The number of carbonyl (C=O) groups is 1. The molecule has 0 aromatic heterocycles. The Hall–Kier alpha value is -1.20. The average Bonchev–Trinajstić information content (AvgIpc) is 2.71. The summed E-state index contributed by atoms with van der Waals surface area (Å²) in [6.45, 7) is 3.36. The van der Waals surface area contributed by atoms with Gasteiger partial charge in [0, 0.05) is 26.1 Å². The maximum atomic E-state index is 13.0. The maximum absolute atomic E-state index is 13.0. The Morgan fingerprint density at radius 1 is 1.19 bits per heavy atom. The molecule has 1 aliphatic rings. The Labute approximate surface area is 130 Å². The molecule has 0 radical (unpaired) electrons. The summed E-state index contributed by atoms with van der Waals surface area (Å²) < 4.78 is 25.8. The number of halogens is 3. The third-order valence-corrected chi connectivity index (χ3v) is 3.53. The Morgan fingerprint density at radius 3 is 2.76 bits per heavy atom. The number of aryl methyl sites for hydroxylation is 1. The zero-order valence-corrected chi connectivity index (χ0v) is 12.7. The van der Waals surface area contributed by atoms with E-state index in [1.807, 2.05) is 4.90 Å². The SMILES string of the molecule is Cl.O=C(CCCc1ccc(F)c(F)c1)N1CCCNCC1. The van der Waals surface area contributed by atoms with Crippen LogP contribution in [0, 0.1) is 11.6 Å². The van der Waals surface area contributed by atoms with E-state index in [-0.39, 0.29) is 18.3 Å². The van der Waals surface area contributed by atoms with E-state index in [0.717, 1.165) is 44.2 Å². The molecule has 1 heterocycles. The van der Waals surface area contributed by atoms with E-state index in [4.69, 9.17) is 0 Å². The number of hydrogen-bond donors (Lipinski definition) is 1. The lowest BCUT2D eigenvalue weighted by Gasteiger charge is -2.19. The molecule has 0 unspecified atom stereocenters. The first-order valence-electron chi connectivity index (χ1n) is 7.09. The van der Waals surface area contributed by atoms with Crippen molar-refractivity contribution in [1.29, 1.82) is 0 Å². The third-order valence-electron chi connectivity index (χ3n) is 3.53. The molecule has 1 saturated heterocycles. The summed E-state index contributed by atoms with van der Waals surface area (Å²) in [7, 11) is 0. The summed E-state index contributed by atoms with van der Waals surface area (Å²) in [4.78, 5) is 13.9. The summed E-state index contributed by atoms with van der Waals surface area (Å²) in [5, 5.41) is 3.25. The van der Waals surface area contributed by atoms with Crippen LogP contribution in [-0.2, 0) is 11.2 Å². The molecule has 1 aliphatic heterocycles. The topological polar surface area (TPSA) is 32.3 Å². The van der Waals surface area contributed by atoms with Crippen LogP contribution in [0.5, 0.6) is 0 Å². The van der Waals surface area contributed by atoms with Gasteiger partial charge in [-0.3, -0.25) is 4.79 Å². The van der Waals surface area contributed by atoms with Crippen LogP contribution in [0.15, 0.2) is 18.2 Å². The van der Waals surface area contributed by atoms with E-state index in [1.54, 1.807) is 6.07 Å². The number of hydrogen-bond acceptors (Lipinski definition) is 2. The van der Waals surface area contributed by atoms with Crippen molar-refractivity contribution >= 4 is 18.3 Å². The van der Waals surface area contributed by atoms with E-state index in [9.17, 15) is 13.6 Å². The fourth-order valence-electron chi connectivity index (χ4n) is 2.39. The van der Waals surface area contributed by atoms with Gasteiger partial charge in [-0.25, -0.2) is 8.78 Å². The lowest BCUT2D eigenvalue weighted by atomic mass is 10.1. The molecule has 0 atom stereocenters. The molecule has 21 heavy (non-hydrogen) atoms. The Morgan fingerprint density at radius 2 is 2.00 bits per heavy atom. The van der Waals surface area contributed by atoms with Crippen molar-refractivity contribution in [2.45, 2.75) is 25.7 Å². The zero-order chi connectivity index (χ0) is 14.4. The molecule has 1 N–H and O–H groups in total. The highest BCUT2D eigenvalue weighted by Gasteiger charge is 2.14. The molecule has 3 nitrogen and oxygen atoms in total. The molecule has 1 amide bonds. The highest BCUT2D eigenvalue weighted by Crippen LogP contribution is 2.12. The highest BCUT2D eigenvalue weighted by atomic mass is 35.5. The minimum Gasteiger partial charge on any atom is -0.341 e. The molecular formula is C15H21ClF2N2O. The van der Waals surface area contributed by atoms with Crippen LogP contribution >= 0.6 is 12.4 Å². The van der Waals surface area contributed by atoms with E-state index in [0.29, 0.717) is 19.3 Å². The van der Waals surface area contributed by atoms with Crippen molar-refractivity contribution < 1.29 is 13.6 Å². The van der Waals surface area contributed by atoms with Gasteiger partial charge in [-0.15, -0.1) is 12.4 Å². The minimum absolute atomic E-state index is 0. The van der Waals surface area contributed by atoms with Crippen LogP contribution in [0.2, 0.25) is 0 Å². The van der Waals surface area contributed by atoms with Crippen LogP contribution in [0.1, 0.15) is 24.8 Å². The summed E-state index contributed by atoms with van der Waals surface area (Å²) >= 11 is 0. The molecule has 1 aromatic carbocycles. The lowest BCUT2D eigenvalue weighted by molar-refractivity contribution is -0.131. The number of rotatable bonds is 4. The molecule has 1 aromatic rings. The first-order valence-corrected chi connectivity index (χ1v) is 7.09. The van der Waals surface area contributed by atoms with Gasteiger partial charge in [-0.1, -0.05) is 6.07 Å². The lowest BCUT2D eigenvalue weighted by Crippen LogP contribution is -2.34. The van der Waals surface area contributed by atoms with Gasteiger partial charge in [0.15, 0.2) is 11.6 Å². The van der Waals surface area contributed by atoms with Gasteiger partial charge < -0.3 is 10.2 Å². The van der Waals surface area contributed by atoms with Gasteiger partial charge >= 0.3 is 0 Å². The third kappa shape index (κ3) is 5.59. The predicted molar refractivity (Wildman–Crippen MR) is 80.6 cm³/mol. The van der Waals surface area contributed by atoms with Gasteiger partial charge in [-0.05, 0) is 43.5 Å². The Balaban J connectivity index is 0.00000220. The number of benzene rings is 1. The maximum Gasteiger partial charge on any atom is 0.222 e. The predicted octanol–water partition coefficient (Wildman–Crippen LogP) is 2.53. The number of nitrogens with one attached hydrogen (secondary N) is 1. The van der Waals surface area contributed by atoms with E-state index in [2.05, 4.69) is 5.32 Å². The molecular weight excluding hydrogens is 298 g/mol. The van der Waals surface area contributed by atoms with Gasteiger partial charge in [0.25, 0.3) is 0 Å². The van der Waals surface area contributed by atoms with E-state index < -0.39 is 11.6 Å². The van der Waals surface area contributed by atoms with Crippen LogP contribution in [0.3, 0.4) is 0 Å². The Kier molecular flexibility index (Phi) is 7.61. The minimum atomic E-state index is -0.832. The van der Waals surface area contributed by atoms with Crippen molar-refractivity contribution in [3.63, 3.8) is 0 Å². The van der Waals surface area contributed by atoms with Crippen LogP contribution in [0.25, 0.3) is 0 Å². The van der Waals surface area contributed by atoms with Gasteiger partial charge in [0.1, 0.15) is 0 Å². The Bertz CT molecular complexity index is 463.